The molecule has 0 atom stereocenters. The van der Waals surface area contributed by atoms with Gasteiger partial charge in [-0.3, -0.25) is 4.79 Å². The predicted molar refractivity (Wildman–Crippen MR) is 74.3 cm³/mol. The Hall–Kier alpha value is -0.840. The number of hydrogen-bond acceptors (Lipinski definition) is 2. The van der Waals surface area contributed by atoms with Crippen LogP contribution in [0.5, 0.6) is 0 Å². The standard InChI is InChI=1S/C13H14INO/c1-9-11(7-4-8-13(9)16)15-12-6-3-2-5-10(12)14/h2-3,5-6,15H,4,7-8H2,1H3. The molecule has 0 heterocycles. The molecule has 0 spiro atoms. The molecule has 0 aliphatic heterocycles. The van der Waals surface area contributed by atoms with Crippen molar-refractivity contribution < 1.29 is 4.79 Å². The molecule has 84 valence electrons. The summed E-state index contributed by atoms with van der Waals surface area (Å²) in [7, 11) is 0. The van der Waals surface area contributed by atoms with Gasteiger partial charge in [-0.1, -0.05) is 12.1 Å². The van der Waals surface area contributed by atoms with Gasteiger partial charge in [0.1, 0.15) is 0 Å². The van der Waals surface area contributed by atoms with Gasteiger partial charge in [-0.25, -0.2) is 0 Å². The van der Waals surface area contributed by atoms with Gasteiger partial charge in [0.2, 0.25) is 0 Å². The second-order valence-electron chi connectivity index (χ2n) is 3.99. The maximum atomic E-state index is 11.6. The number of anilines is 1. The number of carbonyl (C=O) groups excluding carboxylic acids is 1. The van der Waals surface area contributed by atoms with E-state index in [2.05, 4.69) is 34.0 Å². The SMILES string of the molecule is CC1=C(Nc2ccccc2I)CCCC1=O. The Kier molecular flexibility index (Phi) is 3.63. The molecule has 0 amide bonds. The molecule has 0 saturated heterocycles. The van der Waals surface area contributed by atoms with Crippen molar-refractivity contribution in [1.29, 1.82) is 0 Å². The molecule has 1 aromatic carbocycles. The summed E-state index contributed by atoms with van der Waals surface area (Å²) >= 11 is 2.30. The topological polar surface area (TPSA) is 29.1 Å². The number of para-hydroxylation sites is 1. The van der Waals surface area contributed by atoms with E-state index in [0.29, 0.717) is 6.42 Å². The van der Waals surface area contributed by atoms with Gasteiger partial charge in [0.15, 0.2) is 5.78 Å². The fourth-order valence-corrected chi connectivity index (χ4v) is 2.37. The van der Waals surface area contributed by atoms with Crippen molar-refractivity contribution in [3.63, 3.8) is 0 Å². The van der Waals surface area contributed by atoms with Gasteiger partial charge in [0.25, 0.3) is 0 Å². The van der Waals surface area contributed by atoms with Crippen molar-refractivity contribution >= 4 is 34.1 Å². The minimum Gasteiger partial charge on any atom is -0.358 e. The van der Waals surface area contributed by atoms with E-state index in [1.54, 1.807) is 0 Å². The molecular weight excluding hydrogens is 313 g/mol. The monoisotopic (exact) mass is 327 g/mol. The summed E-state index contributed by atoms with van der Waals surface area (Å²) in [4.78, 5) is 11.6. The Morgan fingerprint density at radius 1 is 1.25 bits per heavy atom. The second-order valence-corrected chi connectivity index (χ2v) is 5.15. The van der Waals surface area contributed by atoms with Crippen LogP contribution in [-0.2, 0) is 4.79 Å². The van der Waals surface area contributed by atoms with Crippen LogP contribution in [0.2, 0.25) is 0 Å². The fraction of sp³-hybridized carbons (Fsp3) is 0.308. The molecule has 16 heavy (non-hydrogen) atoms. The Balaban J connectivity index is 2.25. The molecular formula is C13H14INO. The minimum absolute atomic E-state index is 0.277. The number of ketones is 1. The third-order valence-electron chi connectivity index (χ3n) is 2.86. The Morgan fingerprint density at radius 2 is 2.00 bits per heavy atom. The molecule has 2 nitrogen and oxygen atoms in total. The first kappa shape index (κ1) is 11.6. The number of carbonyl (C=O) groups is 1. The van der Waals surface area contributed by atoms with E-state index >= 15 is 0 Å². The number of allylic oxidation sites excluding steroid dienone is 2. The number of rotatable bonds is 2. The third-order valence-corrected chi connectivity index (χ3v) is 3.80. The summed E-state index contributed by atoms with van der Waals surface area (Å²) in [5.74, 6) is 0.277. The highest BCUT2D eigenvalue weighted by Gasteiger charge is 2.16. The molecule has 3 heteroatoms. The predicted octanol–water partition coefficient (Wildman–Crippen LogP) is 3.73. The number of benzene rings is 1. The first-order chi connectivity index (χ1) is 7.68. The molecule has 0 aromatic heterocycles. The average Bonchev–Trinajstić information content (AvgIpc) is 2.28. The summed E-state index contributed by atoms with van der Waals surface area (Å²) < 4.78 is 1.18. The Bertz CT molecular complexity index is 451. The van der Waals surface area contributed by atoms with Crippen LogP contribution in [0.3, 0.4) is 0 Å². The van der Waals surface area contributed by atoms with E-state index in [9.17, 15) is 4.79 Å². The van der Waals surface area contributed by atoms with Crippen molar-refractivity contribution in [3.8, 4) is 0 Å². The van der Waals surface area contributed by atoms with E-state index in [-0.39, 0.29) is 5.78 Å². The van der Waals surface area contributed by atoms with E-state index in [1.807, 2.05) is 25.1 Å². The summed E-state index contributed by atoms with van der Waals surface area (Å²) in [6, 6.07) is 8.12. The number of hydrogen-bond donors (Lipinski definition) is 1. The van der Waals surface area contributed by atoms with Crippen LogP contribution in [0.15, 0.2) is 35.5 Å². The average molecular weight is 327 g/mol. The van der Waals surface area contributed by atoms with Crippen LogP contribution in [0, 0.1) is 3.57 Å². The van der Waals surface area contributed by atoms with Gasteiger partial charge in [-0.15, -0.1) is 0 Å². The zero-order chi connectivity index (χ0) is 11.5. The quantitative estimate of drug-likeness (QED) is 0.839. The lowest BCUT2D eigenvalue weighted by Gasteiger charge is -2.19. The van der Waals surface area contributed by atoms with Crippen LogP contribution >= 0.6 is 22.6 Å². The smallest absolute Gasteiger partial charge is 0.160 e. The van der Waals surface area contributed by atoms with Gasteiger partial charge in [-0.05, 0) is 54.5 Å². The zero-order valence-electron chi connectivity index (χ0n) is 9.22. The molecule has 0 fully saturated rings. The lowest BCUT2D eigenvalue weighted by Crippen LogP contribution is -2.14. The van der Waals surface area contributed by atoms with Crippen LogP contribution < -0.4 is 5.32 Å². The van der Waals surface area contributed by atoms with Gasteiger partial charge in [0.05, 0.1) is 5.69 Å². The molecule has 1 aliphatic carbocycles. The summed E-state index contributed by atoms with van der Waals surface area (Å²) in [5, 5.41) is 3.38. The molecule has 0 saturated carbocycles. The van der Waals surface area contributed by atoms with Gasteiger partial charge < -0.3 is 5.32 Å². The van der Waals surface area contributed by atoms with Crippen molar-refractivity contribution in [2.24, 2.45) is 0 Å². The lowest BCUT2D eigenvalue weighted by molar-refractivity contribution is -0.116. The van der Waals surface area contributed by atoms with E-state index < -0.39 is 0 Å². The van der Waals surface area contributed by atoms with Crippen LogP contribution in [0.25, 0.3) is 0 Å². The van der Waals surface area contributed by atoms with Gasteiger partial charge >= 0.3 is 0 Å². The number of Topliss-reactive ketones (excluding diaryl/α,β-unsaturated/α-hetero) is 1. The normalized spacial score (nSPS) is 16.5. The van der Waals surface area contributed by atoms with E-state index in [1.165, 1.54) is 3.57 Å². The van der Waals surface area contributed by atoms with Crippen LogP contribution in [0.1, 0.15) is 26.2 Å². The maximum absolute atomic E-state index is 11.6. The van der Waals surface area contributed by atoms with Crippen molar-refractivity contribution in [3.05, 3.63) is 39.1 Å². The van der Waals surface area contributed by atoms with Crippen molar-refractivity contribution in [2.75, 3.05) is 5.32 Å². The lowest BCUT2D eigenvalue weighted by atomic mass is 9.96. The first-order valence-electron chi connectivity index (χ1n) is 5.43. The first-order valence-corrected chi connectivity index (χ1v) is 6.51. The fourth-order valence-electron chi connectivity index (χ4n) is 1.85. The summed E-state index contributed by atoms with van der Waals surface area (Å²) in [6.07, 6.45) is 2.63. The molecule has 1 aliphatic rings. The Labute approximate surface area is 109 Å². The van der Waals surface area contributed by atoms with Crippen LogP contribution in [0.4, 0.5) is 5.69 Å². The van der Waals surface area contributed by atoms with E-state index in [0.717, 1.165) is 29.8 Å². The van der Waals surface area contributed by atoms with E-state index in [4.69, 9.17) is 0 Å². The molecule has 2 rings (SSSR count). The molecule has 0 radical (unpaired) electrons. The number of nitrogens with one attached hydrogen (secondary N) is 1. The van der Waals surface area contributed by atoms with Gasteiger partial charge in [-0.2, -0.15) is 0 Å². The molecule has 0 bridgehead atoms. The van der Waals surface area contributed by atoms with Crippen LogP contribution in [-0.4, -0.2) is 5.78 Å². The second kappa shape index (κ2) is 4.99. The highest BCUT2D eigenvalue weighted by atomic mass is 127. The van der Waals surface area contributed by atoms with Crippen molar-refractivity contribution in [1.82, 2.24) is 0 Å². The molecule has 0 unspecified atom stereocenters. The largest absolute Gasteiger partial charge is 0.358 e. The highest BCUT2D eigenvalue weighted by Crippen LogP contribution is 2.25. The summed E-state index contributed by atoms with van der Waals surface area (Å²) in [5.41, 5.74) is 3.07. The maximum Gasteiger partial charge on any atom is 0.160 e. The summed E-state index contributed by atoms with van der Waals surface area (Å²) in [6.45, 7) is 1.92. The number of halogens is 1. The Morgan fingerprint density at radius 3 is 2.75 bits per heavy atom. The van der Waals surface area contributed by atoms with Crippen molar-refractivity contribution in [2.45, 2.75) is 26.2 Å². The molecule has 1 N–H and O–H groups in total. The zero-order valence-corrected chi connectivity index (χ0v) is 11.4. The molecule has 1 aromatic rings. The van der Waals surface area contributed by atoms with Gasteiger partial charge in [0, 0.05) is 21.3 Å². The minimum atomic E-state index is 0.277. The third kappa shape index (κ3) is 2.45. The highest BCUT2D eigenvalue weighted by molar-refractivity contribution is 14.1.